The van der Waals surface area contributed by atoms with Gasteiger partial charge in [0.2, 0.25) is 5.88 Å². The fraction of sp³-hybridized carbons (Fsp3) is 0.143. The van der Waals surface area contributed by atoms with E-state index in [4.69, 9.17) is 9.47 Å². The molecule has 1 heterocycles. The van der Waals surface area contributed by atoms with Crippen LogP contribution < -0.4 is 14.8 Å². The van der Waals surface area contributed by atoms with Gasteiger partial charge in [-0.2, -0.15) is 0 Å². The van der Waals surface area contributed by atoms with Crippen LogP contribution in [-0.4, -0.2) is 24.6 Å². The van der Waals surface area contributed by atoms with Gasteiger partial charge in [0.1, 0.15) is 5.75 Å². The Kier molecular flexibility index (Phi) is 5.83. The Hall–Kier alpha value is -3.34. The minimum absolute atomic E-state index is 0.107. The highest BCUT2D eigenvalue weighted by molar-refractivity contribution is 5.78. The summed E-state index contributed by atoms with van der Waals surface area (Å²) in [6.07, 6.45) is 1.62. The van der Waals surface area contributed by atoms with Crippen LogP contribution in [0.1, 0.15) is 17.2 Å². The van der Waals surface area contributed by atoms with Crippen LogP contribution in [0.4, 0.5) is 0 Å². The highest BCUT2D eigenvalue weighted by atomic mass is 16.5. The summed E-state index contributed by atoms with van der Waals surface area (Å²) >= 11 is 0. The number of carbonyl (C=O) groups is 1. The first kappa shape index (κ1) is 17.5. The molecule has 1 amide bonds. The highest BCUT2D eigenvalue weighted by Gasteiger charge is 2.17. The van der Waals surface area contributed by atoms with Crippen molar-refractivity contribution in [2.24, 2.45) is 0 Å². The number of carbonyl (C=O) groups excluding carboxylic acids is 1. The summed E-state index contributed by atoms with van der Waals surface area (Å²) in [6, 6.07) is 22.4. The second-order valence-corrected chi connectivity index (χ2v) is 5.64. The van der Waals surface area contributed by atoms with Gasteiger partial charge >= 0.3 is 0 Å². The van der Waals surface area contributed by atoms with Crippen LogP contribution in [0.25, 0.3) is 0 Å². The van der Waals surface area contributed by atoms with Gasteiger partial charge in [-0.1, -0.05) is 48.5 Å². The molecule has 1 atom stereocenters. The average molecular weight is 348 g/mol. The Labute approximate surface area is 152 Å². The molecule has 2 aromatic carbocycles. The fourth-order valence-corrected chi connectivity index (χ4v) is 2.60. The molecule has 1 N–H and O–H groups in total. The van der Waals surface area contributed by atoms with E-state index in [2.05, 4.69) is 10.3 Å². The number of aromatic nitrogens is 1. The summed E-state index contributed by atoms with van der Waals surface area (Å²) in [5.74, 6) is 0.926. The Balaban J connectivity index is 1.76. The molecule has 3 aromatic rings. The lowest BCUT2D eigenvalue weighted by Crippen LogP contribution is -2.33. The predicted molar refractivity (Wildman–Crippen MR) is 99.2 cm³/mol. The third-order valence-electron chi connectivity index (χ3n) is 3.85. The lowest BCUT2D eigenvalue weighted by molar-refractivity contribution is -0.123. The molecule has 26 heavy (non-hydrogen) atoms. The molecule has 0 aliphatic carbocycles. The zero-order valence-electron chi connectivity index (χ0n) is 14.5. The SMILES string of the molecule is COc1cccc([C@H](NC(=O)COc2ccccn2)c2ccccc2)c1. The largest absolute Gasteiger partial charge is 0.497 e. The zero-order chi connectivity index (χ0) is 18.2. The zero-order valence-corrected chi connectivity index (χ0v) is 14.5. The number of nitrogens with one attached hydrogen (secondary N) is 1. The van der Waals surface area contributed by atoms with E-state index < -0.39 is 0 Å². The number of amides is 1. The quantitative estimate of drug-likeness (QED) is 0.711. The standard InChI is InChI=1S/C21H20N2O3/c1-25-18-11-7-10-17(14-18)21(16-8-3-2-4-9-16)23-19(24)15-26-20-12-5-6-13-22-20/h2-14,21H,15H2,1H3,(H,23,24)/t21-/m1/s1. The van der Waals surface area contributed by atoms with Crippen molar-refractivity contribution >= 4 is 5.91 Å². The van der Waals surface area contributed by atoms with Crippen molar-refractivity contribution in [3.05, 3.63) is 90.1 Å². The van der Waals surface area contributed by atoms with Crippen LogP contribution in [0.5, 0.6) is 11.6 Å². The summed E-state index contributed by atoms with van der Waals surface area (Å²) in [6.45, 7) is -0.107. The van der Waals surface area contributed by atoms with Crippen molar-refractivity contribution in [3.8, 4) is 11.6 Å². The average Bonchev–Trinajstić information content (AvgIpc) is 2.72. The topological polar surface area (TPSA) is 60.5 Å². The molecule has 0 saturated carbocycles. The Morgan fingerprint density at radius 2 is 1.77 bits per heavy atom. The normalized spacial score (nSPS) is 11.4. The molecule has 3 rings (SSSR count). The number of ether oxygens (including phenoxy) is 2. The van der Waals surface area contributed by atoms with Crippen LogP contribution in [0.3, 0.4) is 0 Å². The van der Waals surface area contributed by atoms with E-state index in [1.165, 1.54) is 0 Å². The van der Waals surface area contributed by atoms with E-state index in [9.17, 15) is 4.79 Å². The van der Waals surface area contributed by atoms with Crippen molar-refractivity contribution < 1.29 is 14.3 Å². The minimum Gasteiger partial charge on any atom is -0.497 e. The van der Waals surface area contributed by atoms with E-state index in [0.717, 1.165) is 16.9 Å². The van der Waals surface area contributed by atoms with Gasteiger partial charge in [-0.05, 0) is 29.3 Å². The number of rotatable bonds is 7. The maximum atomic E-state index is 12.4. The van der Waals surface area contributed by atoms with Crippen LogP contribution >= 0.6 is 0 Å². The molecule has 0 spiro atoms. The predicted octanol–water partition coefficient (Wildman–Crippen LogP) is 3.37. The van der Waals surface area contributed by atoms with E-state index in [-0.39, 0.29) is 18.6 Å². The molecule has 0 radical (unpaired) electrons. The molecule has 0 aliphatic heterocycles. The molecule has 0 unspecified atom stereocenters. The van der Waals surface area contributed by atoms with Crippen molar-refractivity contribution in [3.63, 3.8) is 0 Å². The van der Waals surface area contributed by atoms with Crippen molar-refractivity contribution in [1.29, 1.82) is 0 Å². The van der Waals surface area contributed by atoms with Crippen LogP contribution in [0.15, 0.2) is 79.0 Å². The number of nitrogens with zero attached hydrogens (tertiary/aromatic N) is 1. The number of hydrogen-bond donors (Lipinski definition) is 1. The van der Waals surface area contributed by atoms with Gasteiger partial charge < -0.3 is 14.8 Å². The second-order valence-electron chi connectivity index (χ2n) is 5.64. The van der Waals surface area contributed by atoms with E-state index in [1.54, 1.807) is 25.4 Å². The smallest absolute Gasteiger partial charge is 0.258 e. The molecule has 0 saturated heterocycles. The van der Waals surface area contributed by atoms with Gasteiger partial charge in [0.25, 0.3) is 5.91 Å². The molecular formula is C21H20N2O3. The molecule has 1 aromatic heterocycles. The first-order chi connectivity index (χ1) is 12.8. The van der Waals surface area contributed by atoms with Gasteiger partial charge in [-0.15, -0.1) is 0 Å². The molecule has 5 heteroatoms. The van der Waals surface area contributed by atoms with E-state index in [1.807, 2.05) is 60.7 Å². The van der Waals surface area contributed by atoms with Gasteiger partial charge in [-0.25, -0.2) is 4.98 Å². The summed E-state index contributed by atoms with van der Waals surface area (Å²) in [7, 11) is 1.62. The lowest BCUT2D eigenvalue weighted by Gasteiger charge is -2.20. The molecular weight excluding hydrogens is 328 g/mol. The van der Waals surface area contributed by atoms with Crippen molar-refractivity contribution in [1.82, 2.24) is 10.3 Å². The number of pyridine rings is 1. The summed E-state index contributed by atoms with van der Waals surface area (Å²) < 4.78 is 10.7. The maximum Gasteiger partial charge on any atom is 0.258 e. The number of benzene rings is 2. The maximum absolute atomic E-state index is 12.4. The molecule has 0 bridgehead atoms. The second kappa shape index (κ2) is 8.67. The first-order valence-electron chi connectivity index (χ1n) is 8.28. The van der Waals surface area contributed by atoms with Gasteiger partial charge in [-0.3, -0.25) is 4.79 Å². The summed E-state index contributed by atoms with van der Waals surface area (Å²) in [4.78, 5) is 16.5. The number of hydrogen-bond acceptors (Lipinski definition) is 4. The monoisotopic (exact) mass is 348 g/mol. The van der Waals surface area contributed by atoms with Gasteiger partial charge in [0, 0.05) is 12.3 Å². The summed E-state index contributed by atoms with van der Waals surface area (Å²) in [5.41, 5.74) is 1.91. The third kappa shape index (κ3) is 4.60. The fourth-order valence-electron chi connectivity index (χ4n) is 2.60. The first-order valence-corrected chi connectivity index (χ1v) is 8.28. The van der Waals surface area contributed by atoms with Crippen LogP contribution in [-0.2, 0) is 4.79 Å². The van der Waals surface area contributed by atoms with Crippen molar-refractivity contribution in [2.75, 3.05) is 13.7 Å². The van der Waals surface area contributed by atoms with E-state index in [0.29, 0.717) is 5.88 Å². The highest BCUT2D eigenvalue weighted by Crippen LogP contribution is 2.25. The van der Waals surface area contributed by atoms with Crippen LogP contribution in [0, 0.1) is 0 Å². The Morgan fingerprint density at radius 1 is 1.00 bits per heavy atom. The van der Waals surface area contributed by atoms with Gasteiger partial charge in [0.15, 0.2) is 6.61 Å². The Bertz CT molecular complexity index is 838. The Morgan fingerprint density at radius 3 is 2.50 bits per heavy atom. The van der Waals surface area contributed by atoms with Gasteiger partial charge in [0.05, 0.1) is 13.2 Å². The minimum atomic E-state index is -0.300. The summed E-state index contributed by atoms with van der Waals surface area (Å²) in [5, 5.41) is 3.02. The number of methoxy groups -OCH3 is 1. The molecule has 5 nitrogen and oxygen atoms in total. The third-order valence-corrected chi connectivity index (χ3v) is 3.85. The lowest BCUT2D eigenvalue weighted by atomic mass is 9.98. The molecule has 0 fully saturated rings. The van der Waals surface area contributed by atoms with Crippen molar-refractivity contribution in [2.45, 2.75) is 6.04 Å². The van der Waals surface area contributed by atoms with Crippen LogP contribution in [0.2, 0.25) is 0 Å². The molecule has 132 valence electrons. The van der Waals surface area contributed by atoms with E-state index >= 15 is 0 Å². The molecule has 0 aliphatic rings.